The molecule has 1 saturated heterocycles. The van der Waals surface area contributed by atoms with E-state index >= 15 is 0 Å². The standard InChI is InChI=1S/C15H26N2/c1-2-7-17-8-5-14(6-9-17)16-15-11-12-3-4-13(15)10-12/h2,12-16H,1,3-11H2/t12-,13-,15-/m0/s1. The number of hydrogen-bond acceptors (Lipinski definition) is 2. The van der Waals surface area contributed by atoms with E-state index in [4.69, 9.17) is 0 Å². The van der Waals surface area contributed by atoms with Crippen molar-refractivity contribution in [1.82, 2.24) is 10.2 Å². The molecule has 1 N–H and O–H groups in total. The van der Waals surface area contributed by atoms with Gasteiger partial charge in [-0.25, -0.2) is 0 Å². The molecule has 2 nitrogen and oxygen atoms in total. The molecular weight excluding hydrogens is 208 g/mol. The molecule has 1 heterocycles. The van der Waals surface area contributed by atoms with Crippen LogP contribution in [0.1, 0.15) is 38.5 Å². The first-order valence-corrected chi connectivity index (χ1v) is 7.44. The first-order valence-electron chi connectivity index (χ1n) is 7.44. The van der Waals surface area contributed by atoms with Gasteiger partial charge >= 0.3 is 0 Å². The van der Waals surface area contributed by atoms with Crippen molar-refractivity contribution < 1.29 is 0 Å². The van der Waals surface area contributed by atoms with E-state index in [2.05, 4.69) is 16.8 Å². The van der Waals surface area contributed by atoms with E-state index in [1.807, 2.05) is 6.08 Å². The topological polar surface area (TPSA) is 15.3 Å². The zero-order valence-electron chi connectivity index (χ0n) is 10.9. The van der Waals surface area contributed by atoms with E-state index in [0.29, 0.717) is 0 Å². The predicted molar refractivity (Wildman–Crippen MR) is 72.0 cm³/mol. The number of piperidine rings is 1. The summed E-state index contributed by atoms with van der Waals surface area (Å²) in [6.07, 6.45) is 10.7. The Balaban J connectivity index is 1.43. The first kappa shape index (κ1) is 11.7. The van der Waals surface area contributed by atoms with E-state index in [0.717, 1.165) is 30.5 Å². The second kappa shape index (κ2) is 5.11. The van der Waals surface area contributed by atoms with Crippen molar-refractivity contribution in [3.8, 4) is 0 Å². The first-order chi connectivity index (χ1) is 8.35. The largest absolute Gasteiger partial charge is 0.311 e. The van der Waals surface area contributed by atoms with E-state index in [1.165, 1.54) is 51.6 Å². The normalized spacial score (nSPS) is 38.7. The van der Waals surface area contributed by atoms with Crippen molar-refractivity contribution in [3.05, 3.63) is 12.7 Å². The summed E-state index contributed by atoms with van der Waals surface area (Å²) in [6, 6.07) is 1.66. The fraction of sp³-hybridized carbons (Fsp3) is 0.867. The third kappa shape index (κ3) is 2.58. The summed E-state index contributed by atoms with van der Waals surface area (Å²) < 4.78 is 0. The van der Waals surface area contributed by atoms with Crippen LogP contribution in [0.5, 0.6) is 0 Å². The van der Waals surface area contributed by atoms with Gasteiger partial charge in [0.15, 0.2) is 0 Å². The highest BCUT2D eigenvalue weighted by atomic mass is 15.1. The Morgan fingerprint density at radius 3 is 2.53 bits per heavy atom. The van der Waals surface area contributed by atoms with E-state index in [-0.39, 0.29) is 0 Å². The quantitative estimate of drug-likeness (QED) is 0.752. The lowest BCUT2D eigenvalue weighted by Gasteiger charge is -2.35. The third-order valence-corrected chi connectivity index (χ3v) is 5.16. The molecular formula is C15H26N2. The van der Waals surface area contributed by atoms with E-state index in [9.17, 15) is 0 Å². The predicted octanol–water partition coefficient (Wildman–Crippen LogP) is 2.42. The van der Waals surface area contributed by atoms with Gasteiger partial charge in [0, 0.05) is 18.6 Å². The molecule has 0 spiro atoms. The van der Waals surface area contributed by atoms with Crippen LogP contribution in [0.2, 0.25) is 0 Å². The van der Waals surface area contributed by atoms with Crippen LogP contribution in [-0.2, 0) is 0 Å². The van der Waals surface area contributed by atoms with Gasteiger partial charge in [-0.05, 0) is 57.0 Å². The molecule has 3 fully saturated rings. The lowest BCUT2D eigenvalue weighted by atomic mass is 9.93. The van der Waals surface area contributed by atoms with Gasteiger partial charge in [-0.3, -0.25) is 4.90 Å². The SMILES string of the molecule is C=CCN1CCC(N[C@H]2C[C@H]3CC[C@H]2C3)CC1. The molecule has 1 aliphatic heterocycles. The summed E-state index contributed by atoms with van der Waals surface area (Å²) in [6.45, 7) is 7.40. The second-order valence-electron chi connectivity index (χ2n) is 6.31. The van der Waals surface area contributed by atoms with Gasteiger partial charge in [-0.2, -0.15) is 0 Å². The summed E-state index contributed by atoms with van der Waals surface area (Å²) in [4.78, 5) is 2.52. The Labute approximate surface area is 105 Å². The highest BCUT2D eigenvalue weighted by Crippen LogP contribution is 2.44. The Morgan fingerprint density at radius 1 is 1.12 bits per heavy atom. The van der Waals surface area contributed by atoms with Crippen molar-refractivity contribution in [3.63, 3.8) is 0 Å². The maximum absolute atomic E-state index is 3.96. The summed E-state index contributed by atoms with van der Waals surface area (Å²) in [5.41, 5.74) is 0. The van der Waals surface area contributed by atoms with Crippen molar-refractivity contribution in [2.75, 3.05) is 19.6 Å². The Bertz CT molecular complexity index is 268. The number of nitrogens with one attached hydrogen (secondary N) is 1. The molecule has 2 heteroatoms. The highest BCUT2D eigenvalue weighted by molar-refractivity contribution is 4.96. The minimum Gasteiger partial charge on any atom is -0.311 e. The van der Waals surface area contributed by atoms with Gasteiger partial charge in [0.1, 0.15) is 0 Å². The van der Waals surface area contributed by atoms with Crippen LogP contribution in [0.25, 0.3) is 0 Å². The summed E-state index contributed by atoms with van der Waals surface area (Å²) in [5, 5.41) is 3.96. The molecule has 2 saturated carbocycles. The van der Waals surface area contributed by atoms with E-state index < -0.39 is 0 Å². The highest BCUT2D eigenvalue weighted by Gasteiger charge is 2.40. The van der Waals surface area contributed by atoms with Crippen molar-refractivity contribution in [2.45, 2.75) is 50.6 Å². The van der Waals surface area contributed by atoms with Gasteiger partial charge in [0.2, 0.25) is 0 Å². The number of likely N-dealkylation sites (tertiary alicyclic amines) is 1. The lowest BCUT2D eigenvalue weighted by Crippen LogP contribution is -2.47. The number of nitrogens with zero attached hydrogens (tertiary/aromatic N) is 1. The van der Waals surface area contributed by atoms with Crippen molar-refractivity contribution in [2.24, 2.45) is 11.8 Å². The van der Waals surface area contributed by atoms with Crippen LogP contribution in [-0.4, -0.2) is 36.6 Å². The number of fused-ring (bicyclic) bond motifs is 2. The summed E-state index contributed by atoms with van der Waals surface area (Å²) in [7, 11) is 0. The average Bonchev–Trinajstić information content (AvgIpc) is 2.94. The van der Waals surface area contributed by atoms with Crippen molar-refractivity contribution in [1.29, 1.82) is 0 Å². The molecule has 17 heavy (non-hydrogen) atoms. The van der Waals surface area contributed by atoms with Crippen molar-refractivity contribution >= 4 is 0 Å². The second-order valence-corrected chi connectivity index (χ2v) is 6.31. The molecule has 0 radical (unpaired) electrons. The van der Waals surface area contributed by atoms with Crippen LogP contribution < -0.4 is 5.32 Å². The van der Waals surface area contributed by atoms with Gasteiger partial charge < -0.3 is 5.32 Å². The van der Waals surface area contributed by atoms with Crippen LogP contribution in [0.3, 0.4) is 0 Å². The van der Waals surface area contributed by atoms with E-state index in [1.54, 1.807) is 0 Å². The van der Waals surface area contributed by atoms with Crippen LogP contribution in [0, 0.1) is 11.8 Å². The Kier molecular flexibility index (Phi) is 3.53. The van der Waals surface area contributed by atoms with Gasteiger partial charge in [-0.15, -0.1) is 6.58 Å². The molecule has 2 bridgehead atoms. The molecule has 3 aliphatic rings. The van der Waals surface area contributed by atoms with Crippen LogP contribution >= 0.6 is 0 Å². The van der Waals surface area contributed by atoms with Gasteiger partial charge in [-0.1, -0.05) is 12.5 Å². The maximum atomic E-state index is 3.96. The summed E-state index contributed by atoms with van der Waals surface area (Å²) >= 11 is 0. The smallest absolute Gasteiger partial charge is 0.0160 e. The Hall–Kier alpha value is -0.340. The molecule has 0 aromatic rings. The minimum atomic E-state index is 0.792. The fourth-order valence-electron chi connectivity index (χ4n) is 4.22. The molecule has 3 atom stereocenters. The molecule has 96 valence electrons. The Morgan fingerprint density at radius 2 is 1.94 bits per heavy atom. The minimum absolute atomic E-state index is 0.792. The number of rotatable bonds is 4. The van der Waals surface area contributed by atoms with Crippen LogP contribution in [0.4, 0.5) is 0 Å². The average molecular weight is 234 g/mol. The molecule has 0 aromatic carbocycles. The summed E-state index contributed by atoms with van der Waals surface area (Å²) in [5.74, 6) is 2.09. The fourth-order valence-corrected chi connectivity index (χ4v) is 4.22. The van der Waals surface area contributed by atoms with Gasteiger partial charge in [0.05, 0.1) is 0 Å². The molecule has 0 amide bonds. The molecule has 0 aromatic heterocycles. The zero-order valence-corrected chi connectivity index (χ0v) is 10.9. The number of hydrogen-bond donors (Lipinski definition) is 1. The zero-order chi connectivity index (χ0) is 11.7. The maximum Gasteiger partial charge on any atom is 0.0160 e. The monoisotopic (exact) mass is 234 g/mol. The van der Waals surface area contributed by atoms with Crippen LogP contribution in [0.15, 0.2) is 12.7 Å². The third-order valence-electron chi connectivity index (χ3n) is 5.16. The molecule has 3 rings (SSSR count). The van der Waals surface area contributed by atoms with Gasteiger partial charge in [0.25, 0.3) is 0 Å². The molecule has 2 aliphatic carbocycles. The lowest BCUT2D eigenvalue weighted by molar-refractivity contribution is 0.194. The molecule has 0 unspecified atom stereocenters.